The molecule has 0 saturated heterocycles. The Morgan fingerprint density at radius 3 is 2.16 bits per heavy atom. The maximum atomic E-state index is 13.3. The predicted octanol–water partition coefficient (Wildman–Crippen LogP) is 6.40. The molecule has 5 heteroatoms. The molecule has 0 aliphatic carbocycles. The first kappa shape index (κ1) is 21.1. The number of carbonyl (C=O) groups excluding carboxylic acids is 1. The summed E-state index contributed by atoms with van der Waals surface area (Å²) in [4.78, 5) is 18.0. The zero-order valence-corrected chi connectivity index (χ0v) is 19.3. The molecule has 1 aliphatic heterocycles. The fourth-order valence-corrected chi connectivity index (χ4v) is 3.56. The second kappa shape index (κ2) is 8.52. The molecule has 1 aliphatic rings. The Hall–Kier alpha value is -3.18. The van der Waals surface area contributed by atoms with E-state index in [-0.39, 0.29) is 11.3 Å². The van der Waals surface area contributed by atoms with Gasteiger partial charge >= 0.3 is 0 Å². The molecular weight excluding hydrogens is 450 g/mol. The number of anilines is 1. The largest absolute Gasteiger partial charge is 0.297 e. The molecule has 31 heavy (non-hydrogen) atoms. The van der Waals surface area contributed by atoms with E-state index in [4.69, 9.17) is 4.99 Å². The number of hydrogen-bond acceptors (Lipinski definition) is 3. The summed E-state index contributed by atoms with van der Waals surface area (Å²) in [7, 11) is 0. The number of rotatable bonds is 4. The second-order valence-electron chi connectivity index (χ2n) is 8.46. The lowest BCUT2D eigenvalue weighted by Gasteiger charge is -2.22. The first-order chi connectivity index (χ1) is 14.8. The van der Waals surface area contributed by atoms with Gasteiger partial charge < -0.3 is 0 Å². The summed E-state index contributed by atoms with van der Waals surface area (Å²) >= 11 is 3.44. The van der Waals surface area contributed by atoms with Gasteiger partial charge in [0, 0.05) is 10.0 Å². The van der Waals surface area contributed by atoms with Crippen molar-refractivity contribution in [1.29, 1.82) is 0 Å². The molecule has 4 nitrogen and oxygen atoms in total. The Bertz CT molecular complexity index is 1140. The van der Waals surface area contributed by atoms with E-state index >= 15 is 0 Å². The van der Waals surface area contributed by atoms with Crippen LogP contribution in [-0.4, -0.2) is 16.8 Å². The highest BCUT2D eigenvalue weighted by Crippen LogP contribution is 2.26. The van der Waals surface area contributed by atoms with Gasteiger partial charge in [-0.05, 0) is 46.9 Å². The highest BCUT2D eigenvalue weighted by molar-refractivity contribution is 9.10. The Balaban J connectivity index is 1.73. The molecule has 3 aromatic rings. The third-order valence-corrected chi connectivity index (χ3v) is 5.59. The van der Waals surface area contributed by atoms with Gasteiger partial charge in [0.05, 0.1) is 5.69 Å². The third-order valence-electron chi connectivity index (χ3n) is 5.06. The summed E-state index contributed by atoms with van der Waals surface area (Å²) in [6, 6.07) is 25.7. The minimum Gasteiger partial charge on any atom is -0.290 e. The van der Waals surface area contributed by atoms with Crippen molar-refractivity contribution in [3.8, 4) is 0 Å². The monoisotopic (exact) mass is 473 g/mol. The number of carbonyl (C=O) groups is 1. The van der Waals surface area contributed by atoms with Gasteiger partial charge in [0.2, 0.25) is 0 Å². The summed E-state index contributed by atoms with van der Waals surface area (Å²) < 4.78 is 0.989. The van der Waals surface area contributed by atoms with Gasteiger partial charge in [0.1, 0.15) is 5.70 Å². The Kier molecular flexibility index (Phi) is 5.79. The van der Waals surface area contributed by atoms with Crippen LogP contribution >= 0.6 is 15.9 Å². The smallest absolute Gasteiger partial charge is 0.290 e. The van der Waals surface area contributed by atoms with Gasteiger partial charge in [-0.25, -0.2) is 4.99 Å². The zero-order valence-electron chi connectivity index (χ0n) is 17.8. The number of nitrogens with zero attached hydrogens (tertiary/aromatic N) is 2. The highest BCUT2D eigenvalue weighted by atomic mass is 79.9. The average molecular weight is 474 g/mol. The van der Waals surface area contributed by atoms with Crippen LogP contribution in [-0.2, 0) is 10.2 Å². The van der Waals surface area contributed by atoms with Gasteiger partial charge in [0.25, 0.3) is 5.91 Å². The van der Waals surface area contributed by atoms with Crippen molar-refractivity contribution in [3.63, 3.8) is 0 Å². The van der Waals surface area contributed by atoms with Gasteiger partial charge in [-0.3, -0.25) is 10.2 Å². The summed E-state index contributed by atoms with van der Waals surface area (Å²) in [6.07, 6.45) is 1.81. The summed E-state index contributed by atoms with van der Waals surface area (Å²) in [6.45, 7) is 6.54. The fraction of sp³-hybridized carbons (Fsp3) is 0.154. The molecule has 1 amide bonds. The molecular formula is C26H24BrN3O. The topological polar surface area (TPSA) is 44.7 Å². The van der Waals surface area contributed by atoms with E-state index < -0.39 is 0 Å². The molecule has 1 N–H and O–H groups in total. The van der Waals surface area contributed by atoms with E-state index in [0.717, 1.165) is 21.3 Å². The van der Waals surface area contributed by atoms with Gasteiger partial charge in [0.15, 0.2) is 5.84 Å². The molecule has 0 spiro atoms. The van der Waals surface area contributed by atoms with Crippen LogP contribution in [0.4, 0.5) is 5.69 Å². The standard InChI is InChI=1S/C26H24BrN3O/c1-26(2,3)20-13-11-19(12-14-20)24-28-23(17-18-9-15-21(27)16-10-18)25(31)30(24)29-22-7-5-4-6-8-22/h4-17,29H,1-3H3. The molecule has 1 heterocycles. The highest BCUT2D eigenvalue weighted by Gasteiger charge is 2.32. The van der Waals surface area contributed by atoms with Crippen molar-refractivity contribution in [2.75, 3.05) is 5.43 Å². The molecule has 0 saturated carbocycles. The third kappa shape index (κ3) is 4.78. The Morgan fingerprint density at radius 2 is 1.55 bits per heavy atom. The Morgan fingerprint density at radius 1 is 0.903 bits per heavy atom. The Labute approximate surface area is 191 Å². The lowest BCUT2D eigenvalue weighted by molar-refractivity contribution is -0.121. The lowest BCUT2D eigenvalue weighted by Crippen LogP contribution is -2.37. The van der Waals surface area contributed by atoms with Crippen molar-refractivity contribution in [2.45, 2.75) is 26.2 Å². The molecule has 0 bridgehead atoms. The van der Waals surface area contributed by atoms with E-state index in [0.29, 0.717) is 11.5 Å². The molecule has 0 fully saturated rings. The number of benzene rings is 3. The van der Waals surface area contributed by atoms with Crippen molar-refractivity contribution in [1.82, 2.24) is 5.01 Å². The van der Waals surface area contributed by atoms with Gasteiger partial charge in [-0.2, -0.15) is 5.01 Å². The SMILES string of the molecule is CC(C)(C)c1ccc(C2=NC(=Cc3ccc(Br)cc3)C(=O)N2Nc2ccccc2)cc1. The molecule has 4 rings (SSSR count). The van der Waals surface area contributed by atoms with Gasteiger partial charge in [-0.15, -0.1) is 0 Å². The average Bonchev–Trinajstić information content (AvgIpc) is 3.05. The number of hydrazine groups is 1. The summed E-state index contributed by atoms with van der Waals surface area (Å²) in [5, 5.41) is 1.52. The lowest BCUT2D eigenvalue weighted by atomic mass is 9.86. The number of halogens is 1. The summed E-state index contributed by atoms with van der Waals surface area (Å²) in [5.74, 6) is 0.388. The van der Waals surface area contributed by atoms with Crippen LogP contribution in [0.2, 0.25) is 0 Å². The maximum Gasteiger partial charge on any atom is 0.297 e. The normalized spacial score (nSPS) is 15.4. The van der Waals surface area contributed by atoms with Crippen molar-refractivity contribution < 1.29 is 4.79 Å². The number of aliphatic imine (C=N–C) groups is 1. The van der Waals surface area contributed by atoms with Crippen LogP contribution < -0.4 is 5.43 Å². The number of nitrogens with one attached hydrogen (secondary N) is 1. The molecule has 156 valence electrons. The van der Waals surface area contributed by atoms with Crippen LogP contribution in [0, 0.1) is 0 Å². The quantitative estimate of drug-likeness (QED) is 0.445. The predicted molar refractivity (Wildman–Crippen MR) is 131 cm³/mol. The van der Waals surface area contributed by atoms with Crippen LogP contribution in [0.5, 0.6) is 0 Å². The maximum absolute atomic E-state index is 13.3. The molecule has 0 aromatic heterocycles. The summed E-state index contributed by atoms with van der Waals surface area (Å²) in [5.41, 5.74) is 7.50. The van der Waals surface area contributed by atoms with E-state index in [1.807, 2.05) is 72.8 Å². The van der Waals surface area contributed by atoms with Crippen LogP contribution in [0.25, 0.3) is 6.08 Å². The zero-order chi connectivity index (χ0) is 22.0. The first-order valence-electron chi connectivity index (χ1n) is 10.1. The molecule has 0 atom stereocenters. The number of hydrogen-bond donors (Lipinski definition) is 1. The van der Waals surface area contributed by atoms with Crippen molar-refractivity contribution in [3.05, 3.63) is 106 Å². The number of amides is 1. The minimum atomic E-state index is -0.193. The van der Waals surface area contributed by atoms with Crippen LogP contribution in [0.3, 0.4) is 0 Å². The molecule has 3 aromatic carbocycles. The second-order valence-corrected chi connectivity index (χ2v) is 9.38. The van der Waals surface area contributed by atoms with Crippen LogP contribution in [0.15, 0.2) is 94.0 Å². The number of para-hydroxylation sites is 1. The number of amidine groups is 1. The van der Waals surface area contributed by atoms with E-state index in [1.165, 1.54) is 10.6 Å². The van der Waals surface area contributed by atoms with Gasteiger partial charge in [-0.1, -0.05) is 91.3 Å². The van der Waals surface area contributed by atoms with E-state index in [2.05, 4.69) is 54.3 Å². The van der Waals surface area contributed by atoms with Crippen molar-refractivity contribution >= 4 is 39.4 Å². The van der Waals surface area contributed by atoms with Crippen LogP contribution in [0.1, 0.15) is 37.5 Å². The van der Waals surface area contributed by atoms with E-state index in [1.54, 1.807) is 0 Å². The first-order valence-corrected chi connectivity index (χ1v) is 10.9. The molecule has 0 unspecified atom stereocenters. The molecule has 0 radical (unpaired) electrons. The minimum absolute atomic E-state index is 0.0560. The fourth-order valence-electron chi connectivity index (χ4n) is 3.29. The van der Waals surface area contributed by atoms with Crippen molar-refractivity contribution in [2.24, 2.45) is 4.99 Å². The van der Waals surface area contributed by atoms with E-state index in [9.17, 15) is 4.79 Å².